The molecule has 6 nitrogen and oxygen atoms in total. The quantitative estimate of drug-likeness (QED) is 0.717. The molecule has 0 radical (unpaired) electrons. The number of carbonyl (C=O) groups excluding carboxylic acids is 1. The van der Waals surface area contributed by atoms with Crippen LogP contribution < -0.4 is 14.8 Å². The zero-order valence-corrected chi connectivity index (χ0v) is 16.1. The SMILES string of the molecule is CCNC(=O)[C@H](Cc1ccccc1)NS(=O)(=O)c1cc(Cl)ccc1OC. The molecule has 2 aromatic rings. The van der Waals surface area contributed by atoms with Gasteiger partial charge < -0.3 is 10.1 Å². The molecule has 1 atom stereocenters. The van der Waals surface area contributed by atoms with Crippen LogP contribution >= 0.6 is 11.6 Å². The molecule has 0 aliphatic carbocycles. The summed E-state index contributed by atoms with van der Waals surface area (Å²) in [5, 5.41) is 2.91. The average Bonchev–Trinajstić information content (AvgIpc) is 2.62. The van der Waals surface area contributed by atoms with E-state index in [1.54, 1.807) is 6.92 Å². The van der Waals surface area contributed by atoms with Crippen LogP contribution in [0.1, 0.15) is 12.5 Å². The fraction of sp³-hybridized carbons (Fsp3) is 0.278. The molecule has 26 heavy (non-hydrogen) atoms. The van der Waals surface area contributed by atoms with Gasteiger partial charge in [-0.15, -0.1) is 0 Å². The first-order valence-electron chi connectivity index (χ1n) is 8.05. The van der Waals surface area contributed by atoms with Crippen LogP contribution in [0.4, 0.5) is 0 Å². The third kappa shape index (κ3) is 5.20. The third-order valence-corrected chi connectivity index (χ3v) is 5.39. The molecule has 0 heterocycles. The molecular formula is C18H21ClN2O4S. The molecule has 0 spiro atoms. The maximum atomic E-state index is 12.8. The van der Waals surface area contributed by atoms with Gasteiger partial charge >= 0.3 is 0 Å². The topological polar surface area (TPSA) is 84.5 Å². The Hall–Kier alpha value is -2.09. The van der Waals surface area contributed by atoms with Crippen molar-refractivity contribution in [3.05, 3.63) is 59.1 Å². The Labute approximate surface area is 158 Å². The first-order chi connectivity index (χ1) is 12.4. The summed E-state index contributed by atoms with van der Waals surface area (Å²) in [4.78, 5) is 12.3. The summed E-state index contributed by atoms with van der Waals surface area (Å²) < 4.78 is 33.3. The zero-order valence-electron chi connectivity index (χ0n) is 14.5. The molecule has 2 aromatic carbocycles. The molecule has 8 heteroatoms. The molecule has 140 valence electrons. The lowest BCUT2D eigenvalue weighted by Gasteiger charge is -2.19. The maximum Gasteiger partial charge on any atom is 0.245 e. The normalized spacial score (nSPS) is 12.4. The van der Waals surface area contributed by atoms with Crippen molar-refractivity contribution in [1.29, 1.82) is 0 Å². The number of rotatable bonds is 8. The highest BCUT2D eigenvalue weighted by Gasteiger charge is 2.28. The monoisotopic (exact) mass is 396 g/mol. The Morgan fingerprint density at radius 2 is 1.88 bits per heavy atom. The second-order valence-electron chi connectivity index (χ2n) is 5.55. The van der Waals surface area contributed by atoms with E-state index in [0.29, 0.717) is 6.54 Å². The number of carbonyl (C=O) groups is 1. The minimum atomic E-state index is -4.03. The number of nitrogens with one attached hydrogen (secondary N) is 2. The molecule has 0 unspecified atom stereocenters. The van der Waals surface area contributed by atoms with Crippen molar-refractivity contribution in [3.63, 3.8) is 0 Å². The second-order valence-corrected chi connectivity index (χ2v) is 7.67. The molecule has 0 aliphatic rings. The lowest BCUT2D eigenvalue weighted by Crippen LogP contribution is -2.47. The highest BCUT2D eigenvalue weighted by atomic mass is 35.5. The van der Waals surface area contributed by atoms with E-state index in [-0.39, 0.29) is 22.1 Å². The van der Waals surface area contributed by atoms with Crippen LogP contribution in [0.5, 0.6) is 5.75 Å². The summed E-state index contributed by atoms with van der Waals surface area (Å²) in [5.41, 5.74) is 0.838. The minimum Gasteiger partial charge on any atom is -0.495 e. The van der Waals surface area contributed by atoms with E-state index in [0.717, 1.165) is 5.56 Å². The molecule has 2 rings (SSSR count). The molecule has 0 aliphatic heterocycles. The summed E-state index contributed by atoms with van der Waals surface area (Å²) >= 11 is 5.93. The van der Waals surface area contributed by atoms with Crippen LogP contribution in [0.2, 0.25) is 5.02 Å². The summed E-state index contributed by atoms with van der Waals surface area (Å²) in [6.45, 7) is 2.16. The maximum absolute atomic E-state index is 12.8. The van der Waals surface area contributed by atoms with E-state index in [1.165, 1.54) is 25.3 Å². The van der Waals surface area contributed by atoms with E-state index < -0.39 is 22.0 Å². The van der Waals surface area contributed by atoms with E-state index in [2.05, 4.69) is 10.0 Å². The Bertz CT molecular complexity index is 857. The Morgan fingerprint density at radius 1 is 1.19 bits per heavy atom. The molecule has 1 amide bonds. The summed E-state index contributed by atoms with van der Waals surface area (Å²) in [7, 11) is -2.66. The van der Waals surface area contributed by atoms with Gasteiger partial charge in [-0.1, -0.05) is 41.9 Å². The summed E-state index contributed by atoms with van der Waals surface area (Å²) in [5.74, 6) is -0.253. The van der Waals surface area contributed by atoms with Crippen molar-refractivity contribution >= 4 is 27.5 Å². The number of sulfonamides is 1. The van der Waals surface area contributed by atoms with E-state index in [1.807, 2.05) is 30.3 Å². The lowest BCUT2D eigenvalue weighted by molar-refractivity contribution is -0.122. The summed E-state index contributed by atoms with van der Waals surface area (Å²) in [6.07, 6.45) is 0.217. The van der Waals surface area contributed by atoms with Gasteiger partial charge in [-0.2, -0.15) is 4.72 Å². The van der Waals surface area contributed by atoms with Crippen LogP contribution in [0, 0.1) is 0 Å². The molecule has 0 aromatic heterocycles. The largest absolute Gasteiger partial charge is 0.495 e. The van der Waals surface area contributed by atoms with Crippen molar-refractivity contribution in [2.24, 2.45) is 0 Å². The van der Waals surface area contributed by atoms with Crippen molar-refractivity contribution < 1.29 is 17.9 Å². The highest BCUT2D eigenvalue weighted by molar-refractivity contribution is 7.89. The van der Waals surface area contributed by atoms with E-state index in [9.17, 15) is 13.2 Å². The van der Waals surface area contributed by atoms with E-state index in [4.69, 9.17) is 16.3 Å². The number of methoxy groups -OCH3 is 1. The number of halogens is 1. The number of likely N-dealkylation sites (N-methyl/N-ethyl adjacent to an activating group) is 1. The van der Waals surface area contributed by atoms with Gasteiger partial charge in [0.1, 0.15) is 16.7 Å². The first kappa shape index (κ1) is 20.2. The third-order valence-electron chi connectivity index (χ3n) is 3.66. The predicted octanol–water partition coefficient (Wildman–Crippen LogP) is 2.37. The Balaban J connectivity index is 2.34. The zero-order chi connectivity index (χ0) is 19.2. The number of hydrogen-bond acceptors (Lipinski definition) is 4. The van der Waals surface area contributed by atoms with Crippen molar-refractivity contribution in [3.8, 4) is 5.75 Å². The standard InChI is InChI=1S/C18H21ClN2O4S/c1-3-20-18(22)15(11-13-7-5-4-6-8-13)21-26(23,24)17-12-14(19)9-10-16(17)25-2/h4-10,12,15,21H,3,11H2,1-2H3,(H,20,22)/t15-/m0/s1. The van der Waals surface area contributed by atoms with Gasteiger partial charge in [0.15, 0.2) is 0 Å². The van der Waals surface area contributed by atoms with Crippen molar-refractivity contribution in [2.45, 2.75) is 24.3 Å². The summed E-state index contributed by atoms with van der Waals surface area (Å²) in [6, 6.07) is 12.5. The molecule has 0 bridgehead atoms. The molecule has 0 saturated carbocycles. The fourth-order valence-corrected chi connectivity index (χ4v) is 4.07. The second kappa shape index (κ2) is 9.02. The van der Waals surface area contributed by atoms with Gasteiger partial charge in [-0.25, -0.2) is 8.42 Å². The van der Waals surface area contributed by atoms with Gasteiger partial charge in [-0.05, 0) is 37.1 Å². The van der Waals surface area contributed by atoms with E-state index >= 15 is 0 Å². The highest BCUT2D eigenvalue weighted by Crippen LogP contribution is 2.27. The van der Waals surface area contributed by atoms with Crippen molar-refractivity contribution in [2.75, 3.05) is 13.7 Å². The lowest BCUT2D eigenvalue weighted by atomic mass is 10.1. The van der Waals surface area contributed by atoms with Gasteiger partial charge in [0.25, 0.3) is 0 Å². The number of hydrogen-bond donors (Lipinski definition) is 2. The fourth-order valence-electron chi connectivity index (χ4n) is 2.45. The van der Waals surface area contributed by atoms with Gasteiger partial charge in [0, 0.05) is 11.6 Å². The van der Waals surface area contributed by atoms with Gasteiger partial charge in [-0.3, -0.25) is 4.79 Å². The molecular weight excluding hydrogens is 376 g/mol. The number of benzene rings is 2. The number of amides is 1. The van der Waals surface area contributed by atoms with Crippen LogP contribution in [0.25, 0.3) is 0 Å². The smallest absolute Gasteiger partial charge is 0.245 e. The molecule has 0 fully saturated rings. The number of ether oxygens (including phenoxy) is 1. The van der Waals surface area contributed by atoms with Gasteiger partial charge in [0.2, 0.25) is 15.9 Å². The Kier molecular flexibility index (Phi) is 7.02. The molecule has 2 N–H and O–H groups in total. The average molecular weight is 397 g/mol. The Morgan fingerprint density at radius 3 is 2.50 bits per heavy atom. The van der Waals surface area contributed by atoms with Gasteiger partial charge in [0.05, 0.1) is 7.11 Å². The van der Waals surface area contributed by atoms with Crippen LogP contribution in [0.3, 0.4) is 0 Å². The van der Waals surface area contributed by atoms with Crippen LogP contribution in [-0.4, -0.2) is 34.0 Å². The minimum absolute atomic E-state index is 0.116. The van der Waals surface area contributed by atoms with Crippen LogP contribution in [0.15, 0.2) is 53.4 Å². The van der Waals surface area contributed by atoms with Crippen LogP contribution in [-0.2, 0) is 21.2 Å². The molecule has 0 saturated heterocycles. The first-order valence-corrected chi connectivity index (χ1v) is 9.91. The predicted molar refractivity (Wildman–Crippen MR) is 101 cm³/mol. The van der Waals surface area contributed by atoms with Crippen molar-refractivity contribution in [1.82, 2.24) is 10.0 Å².